The van der Waals surface area contributed by atoms with Gasteiger partial charge in [-0.3, -0.25) is 0 Å². The van der Waals surface area contributed by atoms with E-state index < -0.39 is 0 Å². The van der Waals surface area contributed by atoms with E-state index in [0.717, 1.165) is 0 Å². The third-order valence-electron chi connectivity index (χ3n) is 2.53. The van der Waals surface area contributed by atoms with Gasteiger partial charge < -0.3 is 4.90 Å². The summed E-state index contributed by atoms with van der Waals surface area (Å²) in [4.78, 5) is 2.31. The van der Waals surface area contributed by atoms with Gasteiger partial charge in [-0.2, -0.15) is 23.8 Å². The molecule has 0 saturated heterocycles. The maximum atomic E-state index is 2.31. The molecule has 0 radical (unpaired) electrons. The predicted molar refractivity (Wildman–Crippen MR) is 58.0 cm³/mol. The highest BCUT2D eigenvalue weighted by molar-refractivity contribution is 5.20. The van der Waals surface area contributed by atoms with Crippen molar-refractivity contribution in [2.45, 2.75) is 32.2 Å². The number of unbranched alkanes of at least 4 members (excludes halogenated alkanes) is 1. The lowest BCUT2D eigenvalue weighted by Crippen LogP contribution is -2.19. The number of nitrogens with zero attached hydrogens (tertiary/aromatic N) is 1. The highest BCUT2D eigenvalue weighted by Gasteiger charge is 2.06. The first-order chi connectivity index (χ1) is 6.25. The van der Waals surface area contributed by atoms with Crippen molar-refractivity contribution in [2.24, 2.45) is 0 Å². The van der Waals surface area contributed by atoms with E-state index in [9.17, 15) is 0 Å². The van der Waals surface area contributed by atoms with E-state index in [1.807, 2.05) is 0 Å². The largest absolute Gasteiger partial charge is 0.314 e. The van der Waals surface area contributed by atoms with Crippen LogP contribution in [0.15, 0.2) is 24.3 Å². The van der Waals surface area contributed by atoms with E-state index in [4.69, 9.17) is 0 Å². The molecule has 0 bridgehead atoms. The van der Waals surface area contributed by atoms with E-state index in [2.05, 4.69) is 50.2 Å². The summed E-state index contributed by atoms with van der Waals surface area (Å²) in [5.41, 5.74) is 1.46. The van der Waals surface area contributed by atoms with Crippen LogP contribution in [0.2, 0.25) is 0 Å². The second-order valence-corrected chi connectivity index (χ2v) is 3.84. The van der Waals surface area contributed by atoms with Gasteiger partial charge in [0.15, 0.2) is 0 Å². The Morgan fingerprint density at radius 2 is 2.23 bits per heavy atom. The molecule has 0 aliphatic carbocycles. The zero-order valence-electron chi connectivity index (χ0n) is 8.96. The van der Waals surface area contributed by atoms with Gasteiger partial charge in [-0.25, -0.2) is 6.07 Å². The van der Waals surface area contributed by atoms with Crippen LogP contribution in [-0.4, -0.2) is 19.0 Å². The molecule has 0 amide bonds. The van der Waals surface area contributed by atoms with Crippen molar-refractivity contribution in [3.63, 3.8) is 0 Å². The van der Waals surface area contributed by atoms with Gasteiger partial charge >= 0.3 is 0 Å². The highest BCUT2D eigenvalue weighted by Crippen LogP contribution is 2.24. The minimum atomic E-state index is 0.606. The van der Waals surface area contributed by atoms with Crippen LogP contribution in [0.1, 0.15) is 37.8 Å². The van der Waals surface area contributed by atoms with Crippen LogP contribution in [0.25, 0.3) is 0 Å². The molecule has 0 aliphatic heterocycles. The van der Waals surface area contributed by atoms with Crippen molar-refractivity contribution in [2.75, 3.05) is 14.1 Å². The standard InChI is InChI=1S/C12H20N/c1-4-5-10-12(13(2)3)11-8-6-7-9-11/h6-9,12H,4-5,10H2,1-3H3/q-1. The molecule has 0 N–H and O–H groups in total. The molecule has 1 rings (SSSR count). The first-order valence-corrected chi connectivity index (χ1v) is 5.13. The second-order valence-electron chi connectivity index (χ2n) is 3.84. The molecule has 1 aromatic carbocycles. The van der Waals surface area contributed by atoms with Crippen LogP contribution in [0, 0.1) is 0 Å². The van der Waals surface area contributed by atoms with Crippen LogP contribution in [0.4, 0.5) is 0 Å². The Kier molecular flexibility index (Phi) is 4.10. The molecule has 1 atom stereocenters. The van der Waals surface area contributed by atoms with Crippen LogP contribution >= 0.6 is 0 Å². The summed E-state index contributed by atoms with van der Waals surface area (Å²) in [6, 6.07) is 9.30. The summed E-state index contributed by atoms with van der Waals surface area (Å²) in [6.07, 6.45) is 3.87. The van der Waals surface area contributed by atoms with Crippen molar-refractivity contribution < 1.29 is 0 Å². The molecule has 13 heavy (non-hydrogen) atoms. The van der Waals surface area contributed by atoms with E-state index in [0.29, 0.717) is 6.04 Å². The van der Waals surface area contributed by atoms with Crippen molar-refractivity contribution >= 4 is 0 Å². The van der Waals surface area contributed by atoms with Crippen LogP contribution < -0.4 is 0 Å². The Bertz CT molecular complexity index is 211. The highest BCUT2D eigenvalue weighted by atomic mass is 15.1. The zero-order chi connectivity index (χ0) is 9.68. The normalized spacial score (nSPS) is 13.5. The molecule has 0 aromatic heterocycles. The monoisotopic (exact) mass is 178 g/mol. The summed E-state index contributed by atoms with van der Waals surface area (Å²) < 4.78 is 0. The summed E-state index contributed by atoms with van der Waals surface area (Å²) in [6.45, 7) is 2.25. The first-order valence-electron chi connectivity index (χ1n) is 5.13. The molecule has 1 unspecified atom stereocenters. The van der Waals surface area contributed by atoms with Crippen molar-refractivity contribution in [1.82, 2.24) is 4.90 Å². The van der Waals surface area contributed by atoms with Crippen molar-refractivity contribution in [3.05, 3.63) is 29.8 Å². The number of rotatable bonds is 5. The summed E-state index contributed by atoms with van der Waals surface area (Å²) in [5.74, 6) is 0. The van der Waals surface area contributed by atoms with Gasteiger partial charge in [0.05, 0.1) is 0 Å². The fourth-order valence-corrected chi connectivity index (χ4v) is 1.73. The summed E-state index contributed by atoms with van der Waals surface area (Å²) >= 11 is 0. The Labute approximate surface area is 81.7 Å². The summed E-state index contributed by atoms with van der Waals surface area (Å²) in [5, 5.41) is 0. The molecule has 1 nitrogen and oxygen atoms in total. The lowest BCUT2D eigenvalue weighted by atomic mass is 10.0. The van der Waals surface area contributed by atoms with Crippen LogP contribution in [-0.2, 0) is 0 Å². The second kappa shape index (κ2) is 5.13. The maximum Gasteiger partial charge on any atom is -0.0142 e. The van der Waals surface area contributed by atoms with Crippen molar-refractivity contribution in [3.8, 4) is 0 Å². The van der Waals surface area contributed by atoms with Crippen molar-refractivity contribution in [1.29, 1.82) is 0 Å². The Morgan fingerprint density at radius 3 is 2.69 bits per heavy atom. The van der Waals surface area contributed by atoms with Gasteiger partial charge in [0.2, 0.25) is 0 Å². The Morgan fingerprint density at radius 1 is 1.46 bits per heavy atom. The molecule has 0 aliphatic rings. The van der Waals surface area contributed by atoms with E-state index in [-0.39, 0.29) is 0 Å². The average molecular weight is 178 g/mol. The molecule has 1 heteroatoms. The minimum Gasteiger partial charge on any atom is -0.314 e. The molecule has 0 saturated carbocycles. The van der Waals surface area contributed by atoms with Gasteiger partial charge in [0, 0.05) is 0 Å². The quantitative estimate of drug-likeness (QED) is 0.626. The number of hydrogen-bond acceptors (Lipinski definition) is 1. The molecule has 0 fully saturated rings. The predicted octanol–water partition coefficient (Wildman–Crippen LogP) is 3.20. The maximum absolute atomic E-state index is 2.31. The molecule has 0 heterocycles. The lowest BCUT2D eigenvalue weighted by molar-refractivity contribution is 0.279. The third kappa shape index (κ3) is 2.92. The fourth-order valence-electron chi connectivity index (χ4n) is 1.73. The minimum absolute atomic E-state index is 0.606. The molecular formula is C12H20N-. The van der Waals surface area contributed by atoms with Gasteiger partial charge in [-0.1, -0.05) is 19.8 Å². The summed E-state index contributed by atoms with van der Waals surface area (Å²) in [7, 11) is 4.32. The fraction of sp³-hybridized carbons (Fsp3) is 0.583. The molecule has 0 spiro atoms. The van der Waals surface area contributed by atoms with E-state index in [1.54, 1.807) is 0 Å². The SMILES string of the molecule is CCCCC(c1cc[cH-]c1)N(C)C. The first kappa shape index (κ1) is 10.4. The molecular weight excluding hydrogens is 158 g/mol. The van der Waals surface area contributed by atoms with Gasteiger partial charge in [-0.05, 0) is 26.6 Å². The Balaban J connectivity index is 2.58. The lowest BCUT2D eigenvalue weighted by Gasteiger charge is -2.28. The molecule has 74 valence electrons. The third-order valence-corrected chi connectivity index (χ3v) is 2.53. The average Bonchev–Trinajstić information content (AvgIpc) is 2.57. The zero-order valence-corrected chi connectivity index (χ0v) is 8.96. The van der Waals surface area contributed by atoms with Gasteiger partial charge in [0.25, 0.3) is 0 Å². The van der Waals surface area contributed by atoms with Crippen LogP contribution in [0.3, 0.4) is 0 Å². The van der Waals surface area contributed by atoms with E-state index in [1.165, 1.54) is 24.8 Å². The Hall–Kier alpha value is -0.690. The van der Waals surface area contributed by atoms with Gasteiger partial charge in [0.1, 0.15) is 0 Å². The molecule has 1 aromatic rings. The topological polar surface area (TPSA) is 3.24 Å². The van der Waals surface area contributed by atoms with Gasteiger partial charge in [-0.15, -0.1) is 0 Å². The van der Waals surface area contributed by atoms with Crippen LogP contribution in [0.5, 0.6) is 0 Å². The number of hydrogen-bond donors (Lipinski definition) is 0. The smallest absolute Gasteiger partial charge is 0.0142 e. The van der Waals surface area contributed by atoms with E-state index >= 15 is 0 Å².